The number of aromatic nitrogens is 2. The summed E-state index contributed by atoms with van der Waals surface area (Å²) in [6.07, 6.45) is 1.85. The number of hydrogen-bond acceptors (Lipinski definition) is 3. The van der Waals surface area contributed by atoms with Gasteiger partial charge in [-0.2, -0.15) is 5.10 Å². The highest BCUT2D eigenvalue weighted by molar-refractivity contribution is 5.92. The SMILES string of the molecule is CCn1ccc(C(=O)N2CCN(C)CC2)n1. The number of aryl methyl sites for hydroxylation is 1. The molecule has 0 aliphatic carbocycles. The normalized spacial score (nSPS) is 17.8. The van der Waals surface area contributed by atoms with E-state index in [1.165, 1.54) is 0 Å². The Bertz CT molecular complexity index is 366. The Kier molecular flexibility index (Phi) is 3.24. The predicted octanol–water partition coefficient (Wildman–Crippen LogP) is 0.291. The van der Waals surface area contributed by atoms with E-state index in [0.717, 1.165) is 32.7 Å². The van der Waals surface area contributed by atoms with Gasteiger partial charge in [-0.05, 0) is 20.0 Å². The van der Waals surface area contributed by atoms with Gasteiger partial charge < -0.3 is 9.80 Å². The van der Waals surface area contributed by atoms with Crippen molar-refractivity contribution in [3.63, 3.8) is 0 Å². The molecule has 1 aliphatic rings. The van der Waals surface area contributed by atoms with Gasteiger partial charge >= 0.3 is 0 Å². The van der Waals surface area contributed by atoms with Gasteiger partial charge in [0.05, 0.1) is 0 Å². The highest BCUT2D eigenvalue weighted by Crippen LogP contribution is 2.06. The summed E-state index contributed by atoms with van der Waals surface area (Å²) in [5.41, 5.74) is 0.561. The largest absolute Gasteiger partial charge is 0.335 e. The molecule has 2 rings (SSSR count). The zero-order valence-corrected chi connectivity index (χ0v) is 9.89. The van der Waals surface area contributed by atoms with Crippen molar-refractivity contribution < 1.29 is 4.79 Å². The van der Waals surface area contributed by atoms with Crippen molar-refractivity contribution in [2.45, 2.75) is 13.5 Å². The van der Waals surface area contributed by atoms with Crippen LogP contribution < -0.4 is 0 Å². The van der Waals surface area contributed by atoms with E-state index in [1.807, 2.05) is 18.0 Å². The van der Waals surface area contributed by atoms with Gasteiger partial charge in [0.1, 0.15) is 5.69 Å². The summed E-state index contributed by atoms with van der Waals surface area (Å²) in [5.74, 6) is 0.0558. The number of hydrogen-bond donors (Lipinski definition) is 0. The fourth-order valence-electron chi connectivity index (χ4n) is 1.82. The molecule has 1 aromatic rings. The lowest BCUT2D eigenvalue weighted by molar-refractivity contribution is 0.0657. The third-order valence-electron chi connectivity index (χ3n) is 2.97. The van der Waals surface area contributed by atoms with E-state index in [0.29, 0.717) is 5.69 Å². The molecule has 0 aromatic carbocycles. The van der Waals surface area contributed by atoms with Crippen LogP contribution in [0.4, 0.5) is 0 Å². The first-order valence-corrected chi connectivity index (χ1v) is 5.72. The third kappa shape index (κ3) is 2.24. The molecule has 1 fully saturated rings. The number of carbonyl (C=O) groups is 1. The van der Waals surface area contributed by atoms with Gasteiger partial charge in [-0.25, -0.2) is 0 Å². The van der Waals surface area contributed by atoms with Crippen molar-refractivity contribution in [3.05, 3.63) is 18.0 Å². The van der Waals surface area contributed by atoms with Gasteiger partial charge in [-0.3, -0.25) is 9.48 Å². The molecule has 5 nitrogen and oxygen atoms in total. The van der Waals surface area contributed by atoms with Crippen LogP contribution in [0, 0.1) is 0 Å². The molecule has 16 heavy (non-hydrogen) atoms. The fourth-order valence-corrected chi connectivity index (χ4v) is 1.82. The standard InChI is InChI=1S/C11H18N4O/c1-3-15-5-4-10(12-15)11(16)14-8-6-13(2)7-9-14/h4-5H,3,6-9H2,1-2H3. The molecule has 0 saturated carbocycles. The van der Waals surface area contributed by atoms with Crippen molar-refractivity contribution in [1.82, 2.24) is 19.6 Å². The molecule has 0 atom stereocenters. The van der Waals surface area contributed by atoms with Gasteiger partial charge in [-0.1, -0.05) is 0 Å². The zero-order chi connectivity index (χ0) is 11.5. The molecule has 1 aliphatic heterocycles. The number of rotatable bonds is 2. The minimum Gasteiger partial charge on any atom is -0.335 e. The van der Waals surface area contributed by atoms with Crippen LogP contribution in [0.5, 0.6) is 0 Å². The minimum atomic E-state index is 0.0558. The number of carbonyl (C=O) groups excluding carboxylic acids is 1. The quantitative estimate of drug-likeness (QED) is 0.722. The average Bonchev–Trinajstić information content (AvgIpc) is 2.77. The zero-order valence-electron chi connectivity index (χ0n) is 9.89. The van der Waals surface area contributed by atoms with Crippen molar-refractivity contribution >= 4 is 5.91 Å². The summed E-state index contributed by atoms with van der Waals surface area (Å²) in [5, 5.41) is 4.23. The Labute approximate surface area is 95.6 Å². The highest BCUT2D eigenvalue weighted by Gasteiger charge is 2.21. The minimum absolute atomic E-state index is 0.0558. The van der Waals surface area contributed by atoms with Crippen molar-refractivity contribution in [1.29, 1.82) is 0 Å². The van der Waals surface area contributed by atoms with Gasteiger partial charge in [0, 0.05) is 38.9 Å². The summed E-state index contributed by atoms with van der Waals surface area (Å²) in [7, 11) is 2.08. The molecule has 0 radical (unpaired) electrons. The highest BCUT2D eigenvalue weighted by atomic mass is 16.2. The van der Waals surface area contributed by atoms with Crippen LogP contribution in [0.2, 0.25) is 0 Å². The second-order valence-electron chi connectivity index (χ2n) is 4.15. The maximum absolute atomic E-state index is 12.1. The first-order chi connectivity index (χ1) is 7.70. The Morgan fingerprint density at radius 1 is 1.38 bits per heavy atom. The monoisotopic (exact) mass is 222 g/mol. The molecule has 1 saturated heterocycles. The van der Waals surface area contributed by atoms with E-state index in [9.17, 15) is 4.79 Å². The fraction of sp³-hybridized carbons (Fsp3) is 0.636. The first kappa shape index (κ1) is 11.1. The van der Waals surface area contributed by atoms with Crippen LogP contribution >= 0.6 is 0 Å². The van der Waals surface area contributed by atoms with Crippen molar-refractivity contribution in [2.75, 3.05) is 33.2 Å². The first-order valence-electron chi connectivity index (χ1n) is 5.72. The Hall–Kier alpha value is -1.36. The summed E-state index contributed by atoms with van der Waals surface area (Å²) in [6, 6.07) is 1.80. The molecule has 1 amide bonds. The second kappa shape index (κ2) is 4.65. The van der Waals surface area contributed by atoms with Crippen molar-refractivity contribution in [3.8, 4) is 0 Å². The average molecular weight is 222 g/mol. The Morgan fingerprint density at radius 2 is 2.06 bits per heavy atom. The topological polar surface area (TPSA) is 41.4 Å². The van der Waals surface area contributed by atoms with Crippen LogP contribution in [0.15, 0.2) is 12.3 Å². The van der Waals surface area contributed by atoms with Crippen molar-refractivity contribution in [2.24, 2.45) is 0 Å². The van der Waals surface area contributed by atoms with E-state index < -0.39 is 0 Å². The lowest BCUT2D eigenvalue weighted by Crippen LogP contribution is -2.47. The second-order valence-corrected chi connectivity index (χ2v) is 4.15. The molecular formula is C11H18N4O. The molecular weight excluding hydrogens is 204 g/mol. The lowest BCUT2D eigenvalue weighted by Gasteiger charge is -2.31. The predicted molar refractivity (Wildman–Crippen MR) is 61.3 cm³/mol. The molecule has 0 unspecified atom stereocenters. The van der Waals surface area contributed by atoms with Gasteiger partial charge in [0.25, 0.3) is 5.91 Å². The maximum Gasteiger partial charge on any atom is 0.274 e. The van der Waals surface area contributed by atoms with E-state index in [4.69, 9.17) is 0 Å². The molecule has 5 heteroatoms. The summed E-state index contributed by atoms with van der Waals surface area (Å²) in [4.78, 5) is 16.2. The molecule has 0 bridgehead atoms. The number of amides is 1. The molecule has 2 heterocycles. The Morgan fingerprint density at radius 3 is 2.62 bits per heavy atom. The summed E-state index contributed by atoms with van der Waals surface area (Å²) >= 11 is 0. The van der Waals surface area contributed by atoms with Crippen LogP contribution in [0.25, 0.3) is 0 Å². The van der Waals surface area contributed by atoms with Crippen LogP contribution in [0.3, 0.4) is 0 Å². The molecule has 1 aromatic heterocycles. The number of nitrogens with zero attached hydrogens (tertiary/aromatic N) is 4. The number of likely N-dealkylation sites (N-methyl/N-ethyl adjacent to an activating group) is 1. The number of piperazine rings is 1. The van der Waals surface area contributed by atoms with E-state index in [-0.39, 0.29) is 5.91 Å². The molecule has 88 valence electrons. The maximum atomic E-state index is 12.1. The van der Waals surface area contributed by atoms with Crippen LogP contribution in [-0.2, 0) is 6.54 Å². The summed E-state index contributed by atoms with van der Waals surface area (Å²) in [6.45, 7) is 6.30. The Balaban J connectivity index is 2.01. The van der Waals surface area contributed by atoms with Crippen LogP contribution in [-0.4, -0.2) is 58.7 Å². The lowest BCUT2D eigenvalue weighted by atomic mass is 10.3. The van der Waals surface area contributed by atoms with Gasteiger partial charge in [-0.15, -0.1) is 0 Å². The van der Waals surface area contributed by atoms with E-state index >= 15 is 0 Å². The third-order valence-corrected chi connectivity index (χ3v) is 2.97. The molecule has 0 N–H and O–H groups in total. The van der Waals surface area contributed by atoms with E-state index in [2.05, 4.69) is 17.0 Å². The van der Waals surface area contributed by atoms with Crippen LogP contribution in [0.1, 0.15) is 17.4 Å². The molecule has 0 spiro atoms. The van der Waals surface area contributed by atoms with Gasteiger partial charge in [0.15, 0.2) is 0 Å². The van der Waals surface area contributed by atoms with E-state index in [1.54, 1.807) is 10.7 Å². The smallest absolute Gasteiger partial charge is 0.274 e. The van der Waals surface area contributed by atoms with Gasteiger partial charge in [0.2, 0.25) is 0 Å². The summed E-state index contributed by atoms with van der Waals surface area (Å²) < 4.78 is 1.78.